The molecule has 0 spiro atoms. The van der Waals surface area contributed by atoms with E-state index in [1.165, 1.54) is 32.1 Å². The van der Waals surface area contributed by atoms with E-state index in [-0.39, 0.29) is 0 Å². The van der Waals surface area contributed by atoms with Crippen LogP contribution >= 0.6 is 0 Å². The normalized spacial score (nSPS) is 41.1. The summed E-state index contributed by atoms with van der Waals surface area (Å²) in [7, 11) is 0. The summed E-state index contributed by atoms with van der Waals surface area (Å²) >= 11 is 0. The molecule has 0 aromatic heterocycles. The minimum Gasteiger partial charge on any atom is -0.377 e. The highest BCUT2D eigenvalue weighted by Crippen LogP contribution is 2.53. The van der Waals surface area contributed by atoms with Crippen LogP contribution in [0.15, 0.2) is 0 Å². The maximum atomic E-state index is 6.05. The Morgan fingerprint density at radius 1 is 0.952 bits per heavy atom. The molecule has 0 aromatic carbocycles. The van der Waals surface area contributed by atoms with Gasteiger partial charge in [0.2, 0.25) is 0 Å². The monoisotopic (exact) mass is 293 g/mol. The number of hydrogen-bond donors (Lipinski definition) is 1. The third-order valence-electron chi connectivity index (χ3n) is 6.30. The lowest BCUT2D eigenvalue weighted by Gasteiger charge is -2.61. The fraction of sp³-hybridized carbons (Fsp3) is 1.00. The highest BCUT2D eigenvalue weighted by molar-refractivity contribution is 5.11. The molecule has 2 aliphatic carbocycles. The number of nitrogens with one attached hydrogen (secondary N) is 1. The second kappa shape index (κ2) is 4.96. The molecule has 2 saturated carbocycles. The second-order valence-electron chi connectivity index (χ2n) is 10.2. The van der Waals surface area contributed by atoms with Crippen molar-refractivity contribution in [2.75, 3.05) is 6.61 Å². The summed E-state index contributed by atoms with van der Waals surface area (Å²) in [5, 5.41) is 4.08. The average molecular weight is 293 g/mol. The lowest BCUT2D eigenvalue weighted by molar-refractivity contribution is -0.196. The number of ether oxygens (including phenoxy) is 1. The molecule has 0 radical (unpaired) electrons. The van der Waals surface area contributed by atoms with Crippen LogP contribution < -0.4 is 5.32 Å². The van der Waals surface area contributed by atoms with Gasteiger partial charge in [-0.3, -0.25) is 0 Å². The van der Waals surface area contributed by atoms with E-state index in [2.05, 4.69) is 46.9 Å². The third-order valence-corrected chi connectivity index (χ3v) is 6.30. The molecule has 3 unspecified atom stereocenters. The number of fused-ring (bicyclic) bond motifs is 1. The van der Waals surface area contributed by atoms with Gasteiger partial charge < -0.3 is 10.1 Å². The summed E-state index contributed by atoms with van der Waals surface area (Å²) in [6.45, 7) is 15.6. The zero-order valence-electron chi connectivity index (χ0n) is 15.0. The van der Waals surface area contributed by atoms with E-state index in [9.17, 15) is 0 Å². The zero-order valence-corrected chi connectivity index (χ0v) is 15.0. The summed E-state index contributed by atoms with van der Waals surface area (Å²) in [4.78, 5) is 0. The summed E-state index contributed by atoms with van der Waals surface area (Å²) in [5.41, 5.74) is 1.24. The minimum atomic E-state index is 0.302. The molecule has 1 N–H and O–H groups in total. The second-order valence-corrected chi connectivity index (χ2v) is 10.2. The van der Waals surface area contributed by atoms with Gasteiger partial charge in [0.15, 0.2) is 0 Å². The van der Waals surface area contributed by atoms with Crippen LogP contribution in [0.1, 0.15) is 73.6 Å². The minimum absolute atomic E-state index is 0.302. The predicted octanol–water partition coefficient (Wildman–Crippen LogP) is 4.38. The van der Waals surface area contributed by atoms with Gasteiger partial charge in [-0.05, 0) is 42.9 Å². The quantitative estimate of drug-likeness (QED) is 0.815. The van der Waals surface area contributed by atoms with Crippen molar-refractivity contribution >= 4 is 0 Å². The van der Waals surface area contributed by atoms with Crippen LogP contribution in [-0.2, 0) is 4.74 Å². The Kier molecular flexibility index (Phi) is 3.73. The number of rotatable bonds is 2. The van der Waals surface area contributed by atoms with Crippen molar-refractivity contribution in [1.82, 2.24) is 5.32 Å². The maximum absolute atomic E-state index is 6.05. The van der Waals surface area contributed by atoms with Gasteiger partial charge in [-0.15, -0.1) is 0 Å². The summed E-state index contributed by atoms with van der Waals surface area (Å²) in [5.74, 6) is 0.752. The smallest absolute Gasteiger partial charge is 0.0684 e. The fourth-order valence-corrected chi connectivity index (χ4v) is 6.08. The van der Waals surface area contributed by atoms with E-state index in [1.54, 1.807) is 0 Å². The van der Waals surface area contributed by atoms with Crippen molar-refractivity contribution in [2.24, 2.45) is 22.2 Å². The van der Waals surface area contributed by atoms with Gasteiger partial charge in [-0.1, -0.05) is 41.5 Å². The Morgan fingerprint density at radius 3 is 2.19 bits per heavy atom. The molecule has 0 aromatic rings. The van der Waals surface area contributed by atoms with Crippen molar-refractivity contribution in [1.29, 1.82) is 0 Å². The van der Waals surface area contributed by atoms with Crippen LogP contribution in [-0.4, -0.2) is 24.8 Å². The first kappa shape index (κ1) is 15.8. The molecule has 21 heavy (non-hydrogen) atoms. The first-order chi connectivity index (χ1) is 9.61. The Balaban J connectivity index is 1.68. The van der Waals surface area contributed by atoms with Gasteiger partial charge in [0.1, 0.15) is 0 Å². The molecule has 1 heterocycles. The van der Waals surface area contributed by atoms with Crippen LogP contribution in [0.5, 0.6) is 0 Å². The Hall–Kier alpha value is -0.0800. The Morgan fingerprint density at radius 2 is 1.57 bits per heavy atom. The summed E-state index contributed by atoms with van der Waals surface area (Å²) in [6, 6.07) is 1.33. The van der Waals surface area contributed by atoms with Crippen molar-refractivity contribution in [3.8, 4) is 0 Å². The van der Waals surface area contributed by atoms with Crippen LogP contribution in [0.2, 0.25) is 0 Å². The molecular weight excluding hydrogens is 258 g/mol. The molecule has 3 atom stereocenters. The van der Waals surface area contributed by atoms with Crippen molar-refractivity contribution in [3.05, 3.63) is 0 Å². The van der Waals surface area contributed by atoms with Crippen LogP contribution in [0.25, 0.3) is 0 Å². The Bertz CT molecular complexity index is 382. The van der Waals surface area contributed by atoms with E-state index in [4.69, 9.17) is 4.74 Å². The van der Waals surface area contributed by atoms with E-state index in [1.807, 2.05) is 0 Å². The maximum Gasteiger partial charge on any atom is 0.0684 e. The SMILES string of the molecule is CC1(C)CC(NC2C3CCCOC3C2(C)C)CC(C)(C)C1. The molecule has 2 nitrogen and oxygen atoms in total. The molecule has 3 rings (SSSR count). The highest BCUT2D eigenvalue weighted by Gasteiger charge is 2.58. The lowest BCUT2D eigenvalue weighted by Crippen LogP contribution is -2.71. The van der Waals surface area contributed by atoms with Gasteiger partial charge in [0.05, 0.1) is 6.10 Å². The highest BCUT2D eigenvalue weighted by atomic mass is 16.5. The van der Waals surface area contributed by atoms with Gasteiger partial charge in [0.25, 0.3) is 0 Å². The molecule has 0 bridgehead atoms. The van der Waals surface area contributed by atoms with Crippen molar-refractivity contribution < 1.29 is 4.74 Å². The van der Waals surface area contributed by atoms with Crippen LogP contribution in [0.4, 0.5) is 0 Å². The number of hydrogen-bond acceptors (Lipinski definition) is 2. The van der Waals surface area contributed by atoms with Gasteiger partial charge in [-0.25, -0.2) is 0 Å². The molecule has 122 valence electrons. The fourth-order valence-electron chi connectivity index (χ4n) is 6.08. The molecule has 0 amide bonds. The molecule has 2 heteroatoms. The van der Waals surface area contributed by atoms with Crippen molar-refractivity contribution in [3.63, 3.8) is 0 Å². The molecule has 1 aliphatic heterocycles. The van der Waals surface area contributed by atoms with E-state index >= 15 is 0 Å². The van der Waals surface area contributed by atoms with Crippen molar-refractivity contribution in [2.45, 2.75) is 91.8 Å². The first-order valence-electron chi connectivity index (χ1n) is 8.98. The first-order valence-corrected chi connectivity index (χ1v) is 8.98. The van der Waals surface area contributed by atoms with Gasteiger partial charge in [0, 0.05) is 30.0 Å². The summed E-state index contributed by atoms with van der Waals surface area (Å²) < 4.78 is 6.05. The molecule has 1 saturated heterocycles. The molecular formula is C19H35NO. The van der Waals surface area contributed by atoms with E-state index in [0.29, 0.717) is 34.4 Å². The zero-order chi connectivity index (χ0) is 15.5. The standard InChI is InChI=1S/C19H35NO/c1-17(2)10-13(11-18(3,4)12-17)20-15-14-8-7-9-21-16(14)19(15,5)6/h13-16,20H,7-12H2,1-6H3. The Labute approximate surface area is 131 Å². The third kappa shape index (κ3) is 2.91. The largest absolute Gasteiger partial charge is 0.377 e. The van der Waals surface area contributed by atoms with Crippen LogP contribution in [0.3, 0.4) is 0 Å². The van der Waals surface area contributed by atoms with Gasteiger partial charge >= 0.3 is 0 Å². The molecule has 3 fully saturated rings. The lowest BCUT2D eigenvalue weighted by atomic mass is 9.54. The van der Waals surface area contributed by atoms with E-state index < -0.39 is 0 Å². The molecule has 3 aliphatic rings. The van der Waals surface area contributed by atoms with E-state index in [0.717, 1.165) is 12.5 Å². The summed E-state index contributed by atoms with van der Waals surface area (Å²) in [6.07, 6.45) is 7.08. The van der Waals surface area contributed by atoms with Crippen LogP contribution in [0, 0.1) is 22.2 Å². The predicted molar refractivity (Wildman–Crippen MR) is 88.4 cm³/mol. The van der Waals surface area contributed by atoms with Gasteiger partial charge in [-0.2, -0.15) is 0 Å². The topological polar surface area (TPSA) is 21.3 Å². The average Bonchev–Trinajstić information content (AvgIpc) is 2.32.